The van der Waals surface area contributed by atoms with Crippen LogP contribution in [0.2, 0.25) is 0 Å². The molecule has 1 atom stereocenters. The Balaban J connectivity index is 1.71. The van der Waals surface area contributed by atoms with Crippen LogP contribution in [0, 0.1) is 5.92 Å². The lowest BCUT2D eigenvalue weighted by Gasteiger charge is -2.18. The van der Waals surface area contributed by atoms with E-state index in [1.54, 1.807) is 0 Å². The van der Waals surface area contributed by atoms with Gasteiger partial charge in [0.2, 0.25) is 0 Å². The lowest BCUT2D eigenvalue weighted by molar-refractivity contribution is 0.409. The summed E-state index contributed by atoms with van der Waals surface area (Å²) in [5, 5.41) is 3.10. The second-order valence-electron chi connectivity index (χ2n) is 6.07. The van der Waals surface area contributed by atoms with Crippen molar-refractivity contribution in [3.05, 3.63) is 30.2 Å². The number of hydrogen-bond donors (Lipinski definition) is 1. The molecule has 1 N–H and O–H groups in total. The SMILES string of the molecule is CCNc1nc2ccc(-c3cn4c(n3)CC(C)CC4)cc2o1. The maximum Gasteiger partial charge on any atom is 0.295 e. The number of aryl methyl sites for hydroxylation is 1. The van der Waals surface area contributed by atoms with Gasteiger partial charge in [0.25, 0.3) is 6.01 Å². The summed E-state index contributed by atoms with van der Waals surface area (Å²) < 4.78 is 8.01. The molecule has 0 saturated heterocycles. The van der Waals surface area contributed by atoms with Gasteiger partial charge in [-0.05, 0) is 31.4 Å². The summed E-state index contributed by atoms with van der Waals surface area (Å²) in [5.41, 5.74) is 3.78. The van der Waals surface area contributed by atoms with E-state index in [1.807, 2.05) is 19.1 Å². The molecule has 4 rings (SSSR count). The van der Waals surface area contributed by atoms with Gasteiger partial charge < -0.3 is 14.3 Å². The second-order valence-corrected chi connectivity index (χ2v) is 6.07. The van der Waals surface area contributed by atoms with Crippen molar-refractivity contribution in [2.75, 3.05) is 11.9 Å². The van der Waals surface area contributed by atoms with Gasteiger partial charge in [0.05, 0.1) is 5.69 Å². The fourth-order valence-corrected chi connectivity index (χ4v) is 3.03. The van der Waals surface area contributed by atoms with Crippen LogP contribution in [0.5, 0.6) is 0 Å². The van der Waals surface area contributed by atoms with Crippen molar-refractivity contribution in [3.8, 4) is 11.3 Å². The third-order valence-corrected chi connectivity index (χ3v) is 4.27. The zero-order chi connectivity index (χ0) is 15.1. The van der Waals surface area contributed by atoms with Crippen molar-refractivity contribution >= 4 is 17.1 Å². The number of anilines is 1. The van der Waals surface area contributed by atoms with Gasteiger partial charge in [-0.1, -0.05) is 13.0 Å². The van der Waals surface area contributed by atoms with Crippen LogP contribution in [-0.4, -0.2) is 21.1 Å². The van der Waals surface area contributed by atoms with E-state index in [9.17, 15) is 0 Å². The number of oxazole rings is 1. The van der Waals surface area contributed by atoms with Gasteiger partial charge in [-0.25, -0.2) is 4.98 Å². The number of hydrogen-bond acceptors (Lipinski definition) is 4. The molecule has 2 aromatic heterocycles. The molecular weight excluding hydrogens is 276 g/mol. The quantitative estimate of drug-likeness (QED) is 0.800. The standard InChI is InChI=1S/C17H20N4O/c1-3-18-17-20-13-5-4-12(9-15(13)22-17)14-10-21-7-6-11(2)8-16(21)19-14/h4-5,9-11H,3,6-8H2,1-2H3,(H,18,20). The maximum absolute atomic E-state index is 5.73. The Morgan fingerprint density at radius 3 is 3.14 bits per heavy atom. The predicted octanol–water partition coefficient (Wildman–Crippen LogP) is 3.71. The lowest BCUT2D eigenvalue weighted by atomic mass is 10.0. The highest BCUT2D eigenvalue weighted by atomic mass is 16.4. The summed E-state index contributed by atoms with van der Waals surface area (Å²) in [7, 11) is 0. The summed E-state index contributed by atoms with van der Waals surface area (Å²) in [5.74, 6) is 1.92. The van der Waals surface area contributed by atoms with Crippen LogP contribution in [0.4, 0.5) is 6.01 Å². The highest BCUT2D eigenvalue weighted by molar-refractivity contribution is 5.80. The van der Waals surface area contributed by atoms with Crippen LogP contribution in [0.1, 0.15) is 26.1 Å². The Hall–Kier alpha value is -2.30. The monoisotopic (exact) mass is 296 g/mol. The van der Waals surface area contributed by atoms with E-state index in [0.717, 1.165) is 47.8 Å². The van der Waals surface area contributed by atoms with Crippen molar-refractivity contribution in [3.63, 3.8) is 0 Å². The summed E-state index contributed by atoms with van der Waals surface area (Å²) in [6.45, 7) is 6.18. The van der Waals surface area contributed by atoms with Gasteiger partial charge in [-0.3, -0.25) is 0 Å². The Bertz CT molecular complexity index is 817. The third-order valence-electron chi connectivity index (χ3n) is 4.27. The Labute approximate surface area is 129 Å². The molecule has 22 heavy (non-hydrogen) atoms. The van der Waals surface area contributed by atoms with E-state index in [2.05, 4.69) is 34.1 Å². The highest BCUT2D eigenvalue weighted by Crippen LogP contribution is 2.28. The first-order chi connectivity index (χ1) is 10.7. The highest BCUT2D eigenvalue weighted by Gasteiger charge is 2.18. The first kappa shape index (κ1) is 13.4. The molecule has 0 saturated carbocycles. The van der Waals surface area contributed by atoms with E-state index >= 15 is 0 Å². The maximum atomic E-state index is 5.73. The first-order valence-corrected chi connectivity index (χ1v) is 7.94. The molecule has 3 heterocycles. The molecule has 0 spiro atoms. The number of nitrogens with one attached hydrogen (secondary N) is 1. The molecule has 0 radical (unpaired) electrons. The molecule has 0 aliphatic carbocycles. The molecule has 1 aromatic carbocycles. The van der Waals surface area contributed by atoms with Gasteiger partial charge >= 0.3 is 0 Å². The predicted molar refractivity (Wildman–Crippen MR) is 86.9 cm³/mol. The topological polar surface area (TPSA) is 55.9 Å². The zero-order valence-corrected chi connectivity index (χ0v) is 13.0. The Morgan fingerprint density at radius 1 is 1.36 bits per heavy atom. The number of imidazole rings is 1. The average Bonchev–Trinajstić information content (AvgIpc) is 3.09. The number of benzene rings is 1. The van der Waals surface area contributed by atoms with Crippen molar-refractivity contribution in [1.29, 1.82) is 0 Å². The van der Waals surface area contributed by atoms with E-state index in [1.165, 1.54) is 12.2 Å². The molecule has 1 aliphatic rings. The van der Waals surface area contributed by atoms with Gasteiger partial charge in [0, 0.05) is 31.3 Å². The van der Waals surface area contributed by atoms with Crippen molar-refractivity contribution in [2.45, 2.75) is 33.2 Å². The molecular formula is C17H20N4O. The normalized spacial score (nSPS) is 17.6. The van der Waals surface area contributed by atoms with E-state index < -0.39 is 0 Å². The van der Waals surface area contributed by atoms with Crippen LogP contribution < -0.4 is 5.32 Å². The number of rotatable bonds is 3. The van der Waals surface area contributed by atoms with Crippen molar-refractivity contribution in [1.82, 2.24) is 14.5 Å². The van der Waals surface area contributed by atoms with E-state index in [4.69, 9.17) is 9.40 Å². The third kappa shape index (κ3) is 2.26. The minimum absolute atomic E-state index is 0.576. The van der Waals surface area contributed by atoms with Crippen LogP contribution in [0.15, 0.2) is 28.8 Å². The summed E-state index contributed by atoms with van der Waals surface area (Å²) >= 11 is 0. The molecule has 1 unspecified atom stereocenters. The minimum atomic E-state index is 0.576. The summed E-state index contributed by atoms with van der Waals surface area (Å²) in [4.78, 5) is 9.22. The molecule has 3 aromatic rings. The molecule has 0 amide bonds. The Kier molecular flexibility index (Phi) is 3.13. The van der Waals surface area contributed by atoms with E-state index in [0.29, 0.717) is 6.01 Å². The van der Waals surface area contributed by atoms with Gasteiger partial charge in [-0.2, -0.15) is 4.98 Å². The van der Waals surface area contributed by atoms with E-state index in [-0.39, 0.29) is 0 Å². The average molecular weight is 296 g/mol. The van der Waals surface area contributed by atoms with Crippen molar-refractivity contribution in [2.24, 2.45) is 5.92 Å². The van der Waals surface area contributed by atoms with Crippen LogP contribution >= 0.6 is 0 Å². The molecule has 1 aliphatic heterocycles. The number of nitrogens with zero attached hydrogens (tertiary/aromatic N) is 3. The van der Waals surface area contributed by atoms with Gasteiger partial charge in [0.1, 0.15) is 11.3 Å². The fraction of sp³-hybridized carbons (Fsp3) is 0.412. The first-order valence-electron chi connectivity index (χ1n) is 7.94. The lowest BCUT2D eigenvalue weighted by Crippen LogP contribution is -2.16. The van der Waals surface area contributed by atoms with Crippen LogP contribution in [0.25, 0.3) is 22.4 Å². The molecule has 5 nitrogen and oxygen atoms in total. The van der Waals surface area contributed by atoms with Crippen LogP contribution in [-0.2, 0) is 13.0 Å². The zero-order valence-electron chi connectivity index (χ0n) is 13.0. The van der Waals surface area contributed by atoms with Crippen LogP contribution in [0.3, 0.4) is 0 Å². The fourth-order valence-electron chi connectivity index (χ4n) is 3.03. The smallest absolute Gasteiger partial charge is 0.295 e. The molecule has 114 valence electrons. The summed E-state index contributed by atoms with van der Waals surface area (Å²) in [6, 6.07) is 6.67. The minimum Gasteiger partial charge on any atom is -0.424 e. The van der Waals surface area contributed by atoms with Gasteiger partial charge in [-0.15, -0.1) is 0 Å². The molecule has 5 heteroatoms. The molecule has 0 fully saturated rings. The summed E-state index contributed by atoms with van der Waals surface area (Å²) in [6.07, 6.45) is 4.45. The number of fused-ring (bicyclic) bond motifs is 2. The molecule has 0 bridgehead atoms. The Morgan fingerprint density at radius 2 is 2.27 bits per heavy atom. The van der Waals surface area contributed by atoms with Crippen molar-refractivity contribution < 1.29 is 4.42 Å². The second kappa shape index (κ2) is 5.16. The van der Waals surface area contributed by atoms with Gasteiger partial charge in [0.15, 0.2) is 5.58 Å². The largest absolute Gasteiger partial charge is 0.424 e. The number of aromatic nitrogens is 3.